The van der Waals surface area contributed by atoms with Gasteiger partial charge in [-0.25, -0.2) is 8.42 Å². The molecule has 2 heterocycles. The Morgan fingerprint density at radius 2 is 1.66 bits per heavy atom. The number of amides is 1. The number of alkyl halides is 3. The van der Waals surface area contributed by atoms with Crippen molar-refractivity contribution >= 4 is 32.5 Å². The van der Waals surface area contributed by atoms with Crippen LogP contribution < -0.4 is 9.46 Å². The largest absolute Gasteiger partial charge is 0.573 e. The second-order valence-corrected chi connectivity index (χ2v) is 11.2. The van der Waals surface area contributed by atoms with Crippen molar-refractivity contribution in [2.24, 2.45) is 0 Å². The molecule has 0 radical (unpaired) electrons. The SMILES string of the molecule is O=C(c1ccc(NS(=O)(=O)c2cccc3cccnc23)c(OC(F)(F)F)c1)N1CCN(CCc2ccccc2)CC1. The number of sulfonamides is 1. The van der Waals surface area contributed by atoms with E-state index in [4.69, 9.17) is 0 Å². The van der Waals surface area contributed by atoms with Crippen molar-refractivity contribution in [1.29, 1.82) is 0 Å². The van der Waals surface area contributed by atoms with Crippen LogP contribution >= 0.6 is 0 Å². The minimum Gasteiger partial charge on any atom is -0.404 e. The summed E-state index contributed by atoms with van der Waals surface area (Å²) in [4.78, 5) is 20.9. The molecule has 1 aromatic heterocycles. The van der Waals surface area contributed by atoms with Crippen LogP contribution in [0.2, 0.25) is 0 Å². The highest BCUT2D eigenvalue weighted by molar-refractivity contribution is 7.93. The number of hydrogen-bond acceptors (Lipinski definition) is 6. The molecule has 0 aliphatic carbocycles. The molecule has 1 saturated heterocycles. The fourth-order valence-electron chi connectivity index (χ4n) is 4.73. The Morgan fingerprint density at radius 1 is 0.927 bits per heavy atom. The average Bonchev–Trinajstić information content (AvgIpc) is 2.96. The molecule has 3 aromatic carbocycles. The summed E-state index contributed by atoms with van der Waals surface area (Å²) in [5.41, 5.74) is 0.875. The van der Waals surface area contributed by atoms with Gasteiger partial charge in [-0.2, -0.15) is 0 Å². The number of pyridine rings is 1. The Hall–Kier alpha value is -4.16. The van der Waals surface area contributed by atoms with Crippen LogP contribution in [-0.4, -0.2) is 68.2 Å². The Morgan fingerprint density at radius 3 is 2.39 bits per heavy atom. The van der Waals surface area contributed by atoms with E-state index >= 15 is 0 Å². The van der Waals surface area contributed by atoms with E-state index in [1.54, 1.807) is 23.1 Å². The smallest absolute Gasteiger partial charge is 0.404 e. The average molecular weight is 585 g/mol. The topological polar surface area (TPSA) is 91.8 Å². The third-order valence-corrected chi connectivity index (χ3v) is 8.20. The zero-order valence-electron chi connectivity index (χ0n) is 21.8. The zero-order chi connectivity index (χ0) is 29.0. The molecule has 1 amide bonds. The van der Waals surface area contributed by atoms with Gasteiger partial charge in [-0.1, -0.05) is 48.5 Å². The van der Waals surface area contributed by atoms with Gasteiger partial charge in [0.2, 0.25) is 0 Å². The number of fused-ring (bicyclic) bond motifs is 1. The van der Waals surface area contributed by atoms with Crippen molar-refractivity contribution in [2.75, 3.05) is 37.4 Å². The second kappa shape index (κ2) is 11.8. The van der Waals surface area contributed by atoms with Crippen molar-refractivity contribution in [2.45, 2.75) is 17.7 Å². The van der Waals surface area contributed by atoms with Gasteiger partial charge in [0, 0.05) is 49.9 Å². The molecule has 0 unspecified atom stereocenters. The van der Waals surface area contributed by atoms with E-state index in [1.165, 1.54) is 30.0 Å². The maximum Gasteiger partial charge on any atom is 0.573 e. The summed E-state index contributed by atoms with van der Waals surface area (Å²) in [6, 6.07) is 21.1. The first-order chi connectivity index (χ1) is 19.6. The van der Waals surface area contributed by atoms with Crippen LogP contribution in [0.25, 0.3) is 10.9 Å². The van der Waals surface area contributed by atoms with Crippen LogP contribution in [0.4, 0.5) is 18.9 Å². The predicted octanol–water partition coefficient (Wildman–Crippen LogP) is 4.93. The lowest BCUT2D eigenvalue weighted by atomic mass is 10.1. The number of aromatic nitrogens is 1. The molecule has 5 rings (SSSR count). The molecule has 0 bridgehead atoms. The van der Waals surface area contributed by atoms with Gasteiger partial charge < -0.3 is 9.64 Å². The number of para-hydroxylation sites is 1. The fourth-order valence-corrected chi connectivity index (χ4v) is 5.98. The Labute approximate surface area is 235 Å². The lowest BCUT2D eigenvalue weighted by Gasteiger charge is -2.35. The molecule has 214 valence electrons. The van der Waals surface area contributed by atoms with E-state index in [2.05, 4.69) is 31.5 Å². The summed E-state index contributed by atoms with van der Waals surface area (Å²) in [5, 5.41) is 0.545. The van der Waals surface area contributed by atoms with Crippen LogP contribution in [0.5, 0.6) is 5.75 Å². The van der Waals surface area contributed by atoms with Crippen LogP contribution in [0, 0.1) is 0 Å². The zero-order valence-corrected chi connectivity index (χ0v) is 22.7. The summed E-state index contributed by atoms with van der Waals surface area (Å²) < 4.78 is 72.6. The number of benzene rings is 3. The van der Waals surface area contributed by atoms with Gasteiger partial charge >= 0.3 is 6.36 Å². The van der Waals surface area contributed by atoms with Gasteiger partial charge in [0.1, 0.15) is 4.90 Å². The molecule has 41 heavy (non-hydrogen) atoms. The lowest BCUT2D eigenvalue weighted by molar-refractivity contribution is -0.274. The van der Waals surface area contributed by atoms with Crippen molar-refractivity contribution in [3.05, 3.63) is 96.2 Å². The molecule has 0 spiro atoms. The molecular weight excluding hydrogens is 557 g/mol. The molecular formula is C29H27F3N4O4S. The molecule has 1 N–H and O–H groups in total. The van der Waals surface area contributed by atoms with Crippen LogP contribution in [-0.2, 0) is 16.4 Å². The van der Waals surface area contributed by atoms with Gasteiger partial charge in [0.15, 0.2) is 5.75 Å². The Balaban J connectivity index is 1.32. The molecule has 8 nitrogen and oxygen atoms in total. The van der Waals surface area contributed by atoms with E-state index in [9.17, 15) is 26.4 Å². The van der Waals surface area contributed by atoms with E-state index in [0.29, 0.717) is 31.6 Å². The number of rotatable bonds is 8. The summed E-state index contributed by atoms with van der Waals surface area (Å²) in [7, 11) is -4.36. The van der Waals surface area contributed by atoms with Crippen molar-refractivity contribution in [1.82, 2.24) is 14.8 Å². The van der Waals surface area contributed by atoms with E-state index in [0.717, 1.165) is 25.1 Å². The highest BCUT2D eigenvalue weighted by Crippen LogP contribution is 2.34. The van der Waals surface area contributed by atoms with Crippen LogP contribution in [0.3, 0.4) is 0 Å². The molecule has 4 aromatic rings. The minimum atomic E-state index is -5.12. The van der Waals surface area contributed by atoms with Gasteiger partial charge in [-0.05, 0) is 42.3 Å². The Kier molecular flexibility index (Phi) is 8.13. The van der Waals surface area contributed by atoms with E-state index in [1.807, 2.05) is 18.2 Å². The number of carbonyl (C=O) groups is 1. The summed E-state index contributed by atoms with van der Waals surface area (Å²) in [5.74, 6) is -1.30. The van der Waals surface area contributed by atoms with Gasteiger partial charge in [-0.3, -0.25) is 19.4 Å². The van der Waals surface area contributed by atoms with Crippen molar-refractivity contribution < 1.29 is 31.1 Å². The number of anilines is 1. The van der Waals surface area contributed by atoms with Gasteiger partial charge in [-0.15, -0.1) is 13.2 Å². The Bertz CT molecular complexity index is 1640. The highest BCUT2D eigenvalue weighted by Gasteiger charge is 2.34. The molecule has 0 atom stereocenters. The minimum absolute atomic E-state index is 0.0447. The fraction of sp³-hybridized carbons (Fsp3) is 0.241. The summed E-state index contributed by atoms with van der Waals surface area (Å²) in [6.07, 6.45) is -2.82. The normalized spacial score (nSPS) is 14.7. The maximum absolute atomic E-state index is 13.3. The molecule has 1 aliphatic rings. The third-order valence-electron chi connectivity index (χ3n) is 6.80. The number of piperazine rings is 1. The monoisotopic (exact) mass is 584 g/mol. The number of ether oxygens (including phenoxy) is 1. The van der Waals surface area contributed by atoms with Gasteiger partial charge in [0.05, 0.1) is 11.2 Å². The van der Waals surface area contributed by atoms with E-state index in [-0.39, 0.29) is 16.0 Å². The quantitative estimate of drug-likeness (QED) is 0.316. The maximum atomic E-state index is 13.3. The standard InChI is InChI=1S/C29H27F3N4O4S/c30-29(31,32)40-25-20-23(28(37)36-18-16-35(17-19-36)15-13-21-6-2-1-3-7-21)11-12-24(25)34-41(38,39)26-10-4-8-22-9-5-14-33-27(22)26/h1-12,14,20,34H,13,15-19H2. The van der Waals surface area contributed by atoms with Crippen LogP contribution in [0.1, 0.15) is 15.9 Å². The number of nitrogens with one attached hydrogen (secondary N) is 1. The number of nitrogens with zero attached hydrogens (tertiary/aromatic N) is 3. The predicted molar refractivity (Wildman–Crippen MR) is 148 cm³/mol. The second-order valence-electron chi connectivity index (χ2n) is 9.56. The number of hydrogen-bond donors (Lipinski definition) is 1. The first-order valence-corrected chi connectivity index (χ1v) is 14.4. The number of carbonyl (C=O) groups excluding carboxylic acids is 1. The lowest BCUT2D eigenvalue weighted by Crippen LogP contribution is -2.49. The molecule has 1 fully saturated rings. The van der Waals surface area contributed by atoms with Crippen molar-refractivity contribution in [3.63, 3.8) is 0 Å². The van der Waals surface area contributed by atoms with Crippen molar-refractivity contribution in [3.8, 4) is 5.75 Å². The molecule has 1 aliphatic heterocycles. The summed E-state index contributed by atoms with van der Waals surface area (Å²) in [6.45, 7) is 2.90. The summed E-state index contributed by atoms with van der Waals surface area (Å²) >= 11 is 0. The molecule has 12 heteroatoms. The molecule has 0 saturated carbocycles. The highest BCUT2D eigenvalue weighted by atomic mass is 32.2. The van der Waals surface area contributed by atoms with E-state index < -0.39 is 33.7 Å². The van der Waals surface area contributed by atoms with Gasteiger partial charge in [0.25, 0.3) is 15.9 Å². The third kappa shape index (κ3) is 6.95. The first-order valence-electron chi connectivity index (χ1n) is 12.9. The number of halogens is 3. The first kappa shape index (κ1) is 28.4. The van der Waals surface area contributed by atoms with Crippen LogP contribution in [0.15, 0.2) is 90.0 Å².